The molecular formula is C65H126O17P2. The van der Waals surface area contributed by atoms with Crippen molar-refractivity contribution in [3.8, 4) is 0 Å². The minimum atomic E-state index is -4.94. The minimum Gasteiger partial charge on any atom is -0.462 e. The Labute approximate surface area is 511 Å². The van der Waals surface area contributed by atoms with Gasteiger partial charge >= 0.3 is 39.5 Å². The van der Waals surface area contributed by atoms with Gasteiger partial charge in [0.2, 0.25) is 0 Å². The first-order valence-corrected chi connectivity index (χ1v) is 37.1. The zero-order valence-corrected chi connectivity index (χ0v) is 55.8. The molecule has 0 rings (SSSR count). The van der Waals surface area contributed by atoms with Crippen LogP contribution in [0, 0.1) is 5.92 Å². The Balaban J connectivity index is 5.24. The number of esters is 4. The molecule has 0 aliphatic carbocycles. The highest BCUT2D eigenvalue weighted by atomic mass is 31.2. The van der Waals surface area contributed by atoms with Gasteiger partial charge in [-0.2, -0.15) is 0 Å². The number of carbonyl (C=O) groups is 4. The van der Waals surface area contributed by atoms with E-state index in [0.717, 1.165) is 95.8 Å². The van der Waals surface area contributed by atoms with Gasteiger partial charge in [-0.3, -0.25) is 37.3 Å². The van der Waals surface area contributed by atoms with Crippen molar-refractivity contribution < 1.29 is 80.2 Å². The van der Waals surface area contributed by atoms with E-state index in [2.05, 4.69) is 34.6 Å². The van der Waals surface area contributed by atoms with E-state index in [1.54, 1.807) is 0 Å². The number of aliphatic hydroxyl groups is 1. The standard InChI is InChI=1S/C65H126O17P2/c1-6-9-12-15-18-21-24-27-33-38-43-48-62(67)75-54-60(81-64(69)50-45-40-35-29-26-23-20-17-14-11-8-3)56-79-83(71,72)77-52-59(66)53-78-84(73,74)80-57-61(82-65(70)51-46-41-36-31-30-32-37-42-47-58(4)5)55-76-63(68)49-44-39-34-28-25-22-19-16-13-10-7-2/h58-61,66H,6-57H2,1-5H3,(H,71,72)(H,73,74)/t59-,60+,61+/m0/s1. The van der Waals surface area contributed by atoms with Crippen molar-refractivity contribution in [1.82, 2.24) is 0 Å². The Hall–Kier alpha value is -1.94. The number of phosphoric acid groups is 2. The number of phosphoric ester groups is 2. The van der Waals surface area contributed by atoms with E-state index >= 15 is 0 Å². The van der Waals surface area contributed by atoms with Crippen LogP contribution in [-0.2, 0) is 65.4 Å². The molecule has 5 atom stereocenters. The largest absolute Gasteiger partial charge is 0.472 e. The van der Waals surface area contributed by atoms with Crippen molar-refractivity contribution in [2.45, 2.75) is 348 Å². The Morgan fingerprint density at radius 3 is 0.810 bits per heavy atom. The predicted octanol–water partition coefficient (Wildman–Crippen LogP) is 18.2. The second-order valence-electron chi connectivity index (χ2n) is 24.0. The first kappa shape index (κ1) is 82.1. The number of unbranched alkanes of at least 4 members (excludes halogenated alkanes) is 37. The maximum Gasteiger partial charge on any atom is 0.472 e. The molecule has 0 aliphatic heterocycles. The molecule has 0 saturated heterocycles. The molecule has 0 aliphatic rings. The van der Waals surface area contributed by atoms with E-state index in [9.17, 15) is 43.2 Å². The summed E-state index contributed by atoms with van der Waals surface area (Å²) in [5.41, 5.74) is 0. The van der Waals surface area contributed by atoms with Gasteiger partial charge in [0, 0.05) is 25.7 Å². The van der Waals surface area contributed by atoms with Crippen molar-refractivity contribution in [3.05, 3.63) is 0 Å². The van der Waals surface area contributed by atoms with E-state index in [1.807, 2.05) is 0 Å². The van der Waals surface area contributed by atoms with Crippen LogP contribution in [0.15, 0.2) is 0 Å². The van der Waals surface area contributed by atoms with Gasteiger partial charge in [-0.15, -0.1) is 0 Å². The third-order valence-electron chi connectivity index (χ3n) is 15.0. The van der Waals surface area contributed by atoms with Crippen LogP contribution in [0.25, 0.3) is 0 Å². The number of carbonyl (C=O) groups excluding carboxylic acids is 4. The summed E-state index contributed by atoms with van der Waals surface area (Å²) < 4.78 is 68.0. The molecule has 0 amide bonds. The lowest BCUT2D eigenvalue weighted by Crippen LogP contribution is -2.30. The van der Waals surface area contributed by atoms with Gasteiger partial charge in [0.05, 0.1) is 26.4 Å². The Bertz CT molecular complexity index is 1640. The lowest BCUT2D eigenvalue weighted by molar-refractivity contribution is -0.161. The summed E-state index contributed by atoms with van der Waals surface area (Å²) in [6.45, 7) is 7.16. The molecule has 0 aromatic heterocycles. The number of hydrogen-bond donors (Lipinski definition) is 3. The van der Waals surface area contributed by atoms with Crippen LogP contribution in [-0.4, -0.2) is 96.7 Å². The summed E-state index contributed by atoms with van der Waals surface area (Å²) in [4.78, 5) is 72.3. The van der Waals surface area contributed by atoms with Crippen LogP contribution in [0.4, 0.5) is 0 Å². The third kappa shape index (κ3) is 59.0. The monoisotopic (exact) mass is 1240 g/mol. The van der Waals surface area contributed by atoms with Crippen LogP contribution in [0.5, 0.6) is 0 Å². The molecule has 0 saturated carbocycles. The SMILES string of the molecule is CCCCCCCCCCCCCC(=O)OC[C@H](COP(=O)(O)OC[C@H](O)COP(=O)(O)OC[C@@H](COC(=O)CCCCCCCCCCCCC)OC(=O)CCCCCCCCCCC(C)C)OC(=O)CCCCCCCCCCCCC. The number of ether oxygens (including phenoxy) is 4. The van der Waals surface area contributed by atoms with Crippen molar-refractivity contribution in [1.29, 1.82) is 0 Å². The van der Waals surface area contributed by atoms with E-state index in [0.29, 0.717) is 25.7 Å². The summed E-state index contributed by atoms with van der Waals surface area (Å²) in [7, 11) is -9.89. The summed E-state index contributed by atoms with van der Waals surface area (Å²) in [6, 6.07) is 0. The molecule has 3 N–H and O–H groups in total. The quantitative estimate of drug-likeness (QED) is 0.0222. The summed E-state index contributed by atoms with van der Waals surface area (Å²) in [5.74, 6) is -1.41. The van der Waals surface area contributed by atoms with Crippen molar-refractivity contribution in [2.24, 2.45) is 5.92 Å². The van der Waals surface area contributed by atoms with Crippen LogP contribution in [0.2, 0.25) is 0 Å². The van der Waals surface area contributed by atoms with Crippen molar-refractivity contribution in [3.63, 3.8) is 0 Å². The molecule has 0 spiro atoms. The molecule has 84 heavy (non-hydrogen) atoms. The van der Waals surface area contributed by atoms with Gasteiger partial charge in [-0.25, -0.2) is 9.13 Å². The van der Waals surface area contributed by atoms with Gasteiger partial charge in [0.1, 0.15) is 19.3 Å². The van der Waals surface area contributed by atoms with E-state index in [-0.39, 0.29) is 25.7 Å². The van der Waals surface area contributed by atoms with Crippen LogP contribution in [0.1, 0.15) is 330 Å². The molecule has 0 aromatic rings. The molecule has 498 valence electrons. The maximum absolute atomic E-state index is 13.0. The predicted molar refractivity (Wildman–Crippen MR) is 335 cm³/mol. The highest BCUT2D eigenvalue weighted by molar-refractivity contribution is 7.47. The minimum absolute atomic E-state index is 0.105. The van der Waals surface area contributed by atoms with Gasteiger partial charge in [0.15, 0.2) is 12.2 Å². The highest BCUT2D eigenvalue weighted by Crippen LogP contribution is 2.45. The smallest absolute Gasteiger partial charge is 0.462 e. The zero-order chi connectivity index (χ0) is 62.0. The number of rotatable bonds is 65. The number of aliphatic hydroxyl groups excluding tert-OH is 1. The van der Waals surface area contributed by atoms with Crippen molar-refractivity contribution >= 4 is 39.5 Å². The molecule has 0 fully saturated rings. The fourth-order valence-electron chi connectivity index (χ4n) is 9.76. The highest BCUT2D eigenvalue weighted by Gasteiger charge is 2.30. The van der Waals surface area contributed by atoms with Crippen LogP contribution in [0.3, 0.4) is 0 Å². The summed E-state index contributed by atoms with van der Waals surface area (Å²) in [5, 5.41) is 10.5. The Kier molecular flexibility index (Phi) is 57.4. The zero-order valence-electron chi connectivity index (χ0n) is 54.0. The van der Waals surface area contributed by atoms with Gasteiger partial charge in [-0.05, 0) is 31.6 Å². The molecular weight excluding hydrogens is 1110 g/mol. The van der Waals surface area contributed by atoms with Crippen LogP contribution < -0.4 is 0 Å². The second-order valence-corrected chi connectivity index (χ2v) is 26.9. The topological polar surface area (TPSA) is 237 Å². The van der Waals surface area contributed by atoms with Gasteiger partial charge in [0.25, 0.3) is 0 Å². The average Bonchev–Trinajstić information content (AvgIpc) is 3.53. The molecule has 19 heteroatoms. The molecule has 0 bridgehead atoms. The molecule has 2 unspecified atom stereocenters. The molecule has 17 nitrogen and oxygen atoms in total. The van der Waals surface area contributed by atoms with Gasteiger partial charge in [-0.1, -0.05) is 279 Å². The Morgan fingerprint density at radius 1 is 0.321 bits per heavy atom. The first-order chi connectivity index (χ1) is 40.5. The van der Waals surface area contributed by atoms with E-state index < -0.39 is 97.5 Å². The van der Waals surface area contributed by atoms with E-state index in [1.165, 1.54) is 154 Å². The summed E-state index contributed by atoms with van der Waals surface area (Å²) in [6.07, 6.45) is 42.9. The molecule has 0 radical (unpaired) electrons. The lowest BCUT2D eigenvalue weighted by Gasteiger charge is -2.21. The van der Waals surface area contributed by atoms with Crippen molar-refractivity contribution in [2.75, 3.05) is 39.6 Å². The normalized spacial score (nSPS) is 14.2. The average molecular weight is 1240 g/mol. The Morgan fingerprint density at radius 2 is 0.548 bits per heavy atom. The molecule has 0 heterocycles. The lowest BCUT2D eigenvalue weighted by atomic mass is 10.0. The first-order valence-electron chi connectivity index (χ1n) is 34.1. The third-order valence-corrected chi connectivity index (χ3v) is 16.9. The van der Waals surface area contributed by atoms with Gasteiger partial charge < -0.3 is 33.8 Å². The fraction of sp³-hybridized carbons (Fsp3) is 0.938. The van der Waals surface area contributed by atoms with Crippen LogP contribution >= 0.6 is 15.6 Å². The fourth-order valence-corrected chi connectivity index (χ4v) is 11.3. The number of hydrogen-bond acceptors (Lipinski definition) is 15. The maximum atomic E-state index is 13.0. The summed E-state index contributed by atoms with van der Waals surface area (Å²) >= 11 is 0. The molecule has 0 aromatic carbocycles. The van der Waals surface area contributed by atoms with E-state index in [4.69, 9.17) is 37.0 Å². The second kappa shape index (κ2) is 58.7.